The van der Waals surface area contributed by atoms with Crippen molar-refractivity contribution in [1.82, 2.24) is 9.88 Å². The highest BCUT2D eigenvalue weighted by Gasteiger charge is 2.21. The van der Waals surface area contributed by atoms with Crippen molar-refractivity contribution in [2.24, 2.45) is 0 Å². The fourth-order valence-electron chi connectivity index (χ4n) is 2.66. The van der Waals surface area contributed by atoms with E-state index in [4.69, 9.17) is 5.73 Å². The van der Waals surface area contributed by atoms with Crippen LogP contribution in [0.5, 0.6) is 0 Å². The first kappa shape index (κ1) is 17.3. The molecule has 0 radical (unpaired) electrons. The summed E-state index contributed by atoms with van der Waals surface area (Å²) in [5.41, 5.74) is 7.08. The number of aromatic nitrogens is 1. The Labute approximate surface area is 147 Å². The van der Waals surface area contributed by atoms with Gasteiger partial charge in [-0.3, -0.25) is 4.79 Å². The van der Waals surface area contributed by atoms with Crippen molar-refractivity contribution in [1.29, 1.82) is 0 Å². The van der Waals surface area contributed by atoms with Crippen LogP contribution in [0.3, 0.4) is 0 Å². The third-order valence-electron chi connectivity index (χ3n) is 4.05. The number of nitrogen functional groups attached to an aromatic ring is 1. The molecule has 0 bridgehead atoms. The summed E-state index contributed by atoms with van der Waals surface area (Å²) in [6.07, 6.45) is 0. The van der Waals surface area contributed by atoms with E-state index in [1.54, 1.807) is 17.0 Å². The lowest BCUT2D eigenvalue weighted by atomic mass is 10.1. The number of anilines is 1. The number of fused-ring (bicyclic) bond motifs is 1. The summed E-state index contributed by atoms with van der Waals surface area (Å²) in [4.78, 5) is 19.7. The Kier molecular flexibility index (Phi) is 4.67. The molecule has 25 heavy (non-hydrogen) atoms. The fraction of sp³-hybridized carbons (Fsp3) is 0.222. The Hall–Kier alpha value is -2.54. The zero-order valence-corrected chi connectivity index (χ0v) is 14.7. The largest absolute Gasteiger partial charge is 0.397 e. The minimum Gasteiger partial charge on any atom is -0.397 e. The molecule has 2 aromatic heterocycles. The van der Waals surface area contributed by atoms with E-state index in [0.29, 0.717) is 39.6 Å². The maximum Gasteiger partial charge on any atom is 0.266 e. The number of halogens is 2. The summed E-state index contributed by atoms with van der Waals surface area (Å²) in [5, 5.41) is 0.659. The second-order valence-corrected chi connectivity index (χ2v) is 6.49. The number of benzene rings is 1. The Morgan fingerprint density at radius 3 is 2.56 bits per heavy atom. The molecule has 1 amide bonds. The van der Waals surface area contributed by atoms with Crippen molar-refractivity contribution in [2.75, 3.05) is 18.8 Å². The summed E-state index contributed by atoms with van der Waals surface area (Å²) in [7, 11) is 0. The molecule has 4 nitrogen and oxygen atoms in total. The molecule has 0 saturated heterocycles. The summed E-state index contributed by atoms with van der Waals surface area (Å²) in [6, 6.07) is 6.68. The van der Waals surface area contributed by atoms with Crippen LogP contribution in [-0.2, 0) is 0 Å². The van der Waals surface area contributed by atoms with Crippen molar-refractivity contribution in [2.45, 2.75) is 13.8 Å². The molecule has 2 heterocycles. The molecule has 7 heteroatoms. The van der Waals surface area contributed by atoms with Gasteiger partial charge < -0.3 is 10.6 Å². The molecule has 0 atom stereocenters. The number of rotatable bonds is 4. The topological polar surface area (TPSA) is 59.2 Å². The standard InChI is InChI=1S/C18H17F2N3OS/c1-3-23(4-2)18(24)16-15(21)12-7-8-14(22-17(12)25-16)11-6-5-10(19)9-13(11)20/h5-9H,3-4,21H2,1-2H3. The Morgan fingerprint density at radius 2 is 1.92 bits per heavy atom. The monoisotopic (exact) mass is 361 g/mol. The van der Waals surface area contributed by atoms with Crippen molar-refractivity contribution in [3.05, 3.63) is 46.8 Å². The van der Waals surface area contributed by atoms with Gasteiger partial charge in [0.05, 0.1) is 11.4 Å². The first-order valence-corrected chi connectivity index (χ1v) is 8.71. The first-order chi connectivity index (χ1) is 12.0. The molecule has 0 spiro atoms. The van der Waals surface area contributed by atoms with Gasteiger partial charge in [-0.1, -0.05) is 0 Å². The highest BCUT2D eigenvalue weighted by molar-refractivity contribution is 7.21. The lowest BCUT2D eigenvalue weighted by molar-refractivity contribution is 0.0779. The number of thiophene rings is 1. The molecule has 0 aliphatic carbocycles. The number of nitrogens with two attached hydrogens (primary N) is 1. The van der Waals surface area contributed by atoms with E-state index in [2.05, 4.69) is 4.98 Å². The normalized spacial score (nSPS) is 11.0. The van der Waals surface area contributed by atoms with Crippen LogP contribution in [0.1, 0.15) is 23.5 Å². The van der Waals surface area contributed by atoms with E-state index in [9.17, 15) is 13.6 Å². The molecule has 0 unspecified atom stereocenters. The van der Waals surface area contributed by atoms with Crippen LogP contribution < -0.4 is 5.73 Å². The molecule has 3 aromatic rings. The van der Waals surface area contributed by atoms with Gasteiger partial charge in [0.1, 0.15) is 21.3 Å². The number of carbonyl (C=O) groups excluding carboxylic acids is 1. The molecule has 0 aliphatic heterocycles. The molecule has 2 N–H and O–H groups in total. The van der Waals surface area contributed by atoms with Crippen LogP contribution in [0.2, 0.25) is 0 Å². The third-order valence-corrected chi connectivity index (χ3v) is 5.15. The predicted molar refractivity (Wildman–Crippen MR) is 96.6 cm³/mol. The highest BCUT2D eigenvalue weighted by Crippen LogP contribution is 2.35. The number of hydrogen-bond donors (Lipinski definition) is 1. The maximum atomic E-state index is 14.0. The van der Waals surface area contributed by atoms with Crippen LogP contribution in [0.25, 0.3) is 21.5 Å². The van der Waals surface area contributed by atoms with Gasteiger partial charge in [0.15, 0.2) is 0 Å². The minimum absolute atomic E-state index is 0.139. The molecular formula is C18H17F2N3OS. The zero-order chi connectivity index (χ0) is 18.1. The Balaban J connectivity index is 2.08. The van der Waals surface area contributed by atoms with E-state index in [1.165, 1.54) is 23.5 Å². The van der Waals surface area contributed by atoms with Gasteiger partial charge in [0.2, 0.25) is 0 Å². The van der Waals surface area contributed by atoms with Gasteiger partial charge in [-0.15, -0.1) is 11.3 Å². The number of pyridine rings is 1. The molecule has 3 rings (SSSR count). The molecular weight excluding hydrogens is 344 g/mol. The summed E-state index contributed by atoms with van der Waals surface area (Å²) < 4.78 is 27.1. The summed E-state index contributed by atoms with van der Waals surface area (Å²) in [6.45, 7) is 4.97. The smallest absolute Gasteiger partial charge is 0.266 e. The average molecular weight is 361 g/mol. The molecule has 1 aromatic carbocycles. The molecule has 0 saturated carbocycles. The molecule has 0 fully saturated rings. The van der Waals surface area contributed by atoms with Crippen molar-refractivity contribution in [3.63, 3.8) is 0 Å². The van der Waals surface area contributed by atoms with E-state index < -0.39 is 11.6 Å². The average Bonchev–Trinajstić information content (AvgIpc) is 2.92. The van der Waals surface area contributed by atoms with E-state index in [1.807, 2.05) is 13.8 Å². The van der Waals surface area contributed by atoms with Crippen molar-refractivity contribution < 1.29 is 13.6 Å². The van der Waals surface area contributed by atoms with Crippen molar-refractivity contribution >= 4 is 33.1 Å². The lowest BCUT2D eigenvalue weighted by Gasteiger charge is -2.17. The fourth-order valence-corrected chi connectivity index (χ4v) is 3.72. The van der Waals surface area contributed by atoms with Gasteiger partial charge in [-0.05, 0) is 38.1 Å². The van der Waals surface area contributed by atoms with Crippen LogP contribution in [0, 0.1) is 11.6 Å². The lowest BCUT2D eigenvalue weighted by Crippen LogP contribution is -2.30. The quantitative estimate of drug-likeness (QED) is 0.753. The summed E-state index contributed by atoms with van der Waals surface area (Å²) >= 11 is 1.19. The van der Waals surface area contributed by atoms with Crippen molar-refractivity contribution in [3.8, 4) is 11.3 Å². The summed E-state index contributed by atoms with van der Waals surface area (Å²) in [5.74, 6) is -1.47. The van der Waals surface area contributed by atoms with Gasteiger partial charge in [0.25, 0.3) is 5.91 Å². The highest BCUT2D eigenvalue weighted by atomic mass is 32.1. The number of nitrogens with zero attached hydrogens (tertiary/aromatic N) is 2. The van der Waals surface area contributed by atoms with Gasteiger partial charge in [-0.2, -0.15) is 0 Å². The van der Waals surface area contributed by atoms with Gasteiger partial charge >= 0.3 is 0 Å². The number of carbonyl (C=O) groups is 1. The maximum absolute atomic E-state index is 14.0. The third kappa shape index (κ3) is 3.07. The molecule has 0 aliphatic rings. The molecule has 130 valence electrons. The van der Waals surface area contributed by atoms with Crippen LogP contribution >= 0.6 is 11.3 Å². The first-order valence-electron chi connectivity index (χ1n) is 7.90. The Morgan fingerprint density at radius 1 is 1.20 bits per heavy atom. The van der Waals surface area contributed by atoms with E-state index in [0.717, 1.165) is 6.07 Å². The van der Waals surface area contributed by atoms with Crippen LogP contribution in [-0.4, -0.2) is 28.9 Å². The van der Waals surface area contributed by atoms with Gasteiger partial charge in [-0.25, -0.2) is 13.8 Å². The number of hydrogen-bond acceptors (Lipinski definition) is 4. The minimum atomic E-state index is -0.684. The van der Waals surface area contributed by atoms with Crippen LogP contribution in [0.4, 0.5) is 14.5 Å². The predicted octanol–water partition coefficient (Wildman–Crippen LogP) is 4.31. The second-order valence-electron chi connectivity index (χ2n) is 5.50. The Bertz CT molecular complexity index is 951. The van der Waals surface area contributed by atoms with Gasteiger partial charge in [0, 0.05) is 30.1 Å². The zero-order valence-electron chi connectivity index (χ0n) is 13.8. The second kappa shape index (κ2) is 6.76. The number of amides is 1. The van der Waals surface area contributed by atoms with E-state index in [-0.39, 0.29) is 11.5 Å². The van der Waals surface area contributed by atoms with E-state index >= 15 is 0 Å². The SMILES string of the molecule is CCN(CC)C(=O)c1sc2nc(-c3ccc(F)cc3F)ccc2c1N. The van der Waals surface area contributed by atoms with Crippen LogP contribution in [0.15, 0.2) is 30.3 Å².